The molecule has 0 aliphatic heterocycles. The molecule has 0 fully saturated rings. The third-order valence-electron chi connectivity index (χ3n) is 1.47. The minimum Gasteiger partial charge on any atom is -0.379 e. The third kappa shape index (κ3) is 8.18. The quantitative estimate of drug-likeness (QED) is 0.443. The van der Waals surface area contributed by atoms with Gasteiger partial charge in [0.05, 0.1) is 7.11 Å². The maximum atomic E-state index is 4.72. The maximum Gasteiger partial charge on any atom is 0.0700 e. The summed E-state index contributed by atoms with van der Waals surface area (Å²) in [5.74, 6) is 0. The van der Waals surface area contributed by atoms with Gasteiger partial charge in [0.1, 0.15) is 0 Å². The molecule has 0 amide bonds. The van der Waals surface area contributed by atoms with Gasteiger partial charge < -0.3 is 4.74 Å². The lowest BCUT2D eigenvalue weighted by molar-refractivity contribution is 0.236. The normalized spacial score (nSPS) is 12.0. The minimum atomic E-state index is -0.783. The molecule has 0 saturated carbocycles. The molecule has 0 heterocycles. The second-order valence-electron chi connectivity index (χ2n) is 3.93. The van der Waals surface area contributed by atoms with E-state index in [1.165, 1.54) is 18.9 Å². The van der Waals surface area contributed by atoms with Gasteiger partial charge >= 0.3 is 0 Å². The lowest BCUT2D eigenvalue weighted by Crippen LogP contribution is -2.18. The molecule has 0 aromatic rings. The topological polar surface area (TPSA) is 9.23 Å². The average molecular weight is 159 g/mol. The fourth-order valence-corrected chi connectivity index (χ4v) is 2.17. The van der Waals surface area contributed by atoms with Crippen molar-refractivity contribution in [3.05, 3.63) is 7.11 Å². The zero-order chi connectivity index (χ0) is 8.04. The van der Waals surface area contributed by atoms with Crippen LogP contribution < -0.4 is 0 Å². The molecule has 0 bridgehead atoms. The van der Waals surface area contributed by atoms with Crippen LogP contribution in [0.1, 0.15) is 12.8 Å². The highest BCUT2D eigenvalue weighted by Gasteiger charge is 2.10. The second-order valence-corrected chi connectivity index (χ2v) is 9.55. The Hall–Kier alpha value is 0.177. The second kappa shape index (κ2) is 4.91. The highest BCUT2D eigenvalue weighted by molar-refractivity contribution is 6.76. The number of ether oxygens (including phenoxy) is 1. The SMILES string of the molecule is [CH2]OCCCC[Si](C)(C)C. The molecule has 0 N–H and O–H groups in total. The van der Waals surface area contributed by atoms with Crippen LogP contribution in [-0.2, 0) is 4.74 Å². The number of rotatable bonds is 5. The van der Waals surface area contributed by atoms with E-state index in [4.69, 9.17) is 4.74 Å². The summed E-state index contributed by atoms with van der Waals surface area (Å²) in [4.78, 5) is 0. The molecule has 0 aliphatic rings. The van der Waals surface area contributed by atoms with E-state index in [1.807, 2.05) is 0 Å². The van der Waals surface area contributed by atoms with E-state index in [0.29, 0.717) is 0 Å². The van der Waals surface area contributed by atoms with Gasteiger partial charge in [-0.3, -0.25) is 0 Å². The molecule has 0 aromatic carbocycles. The summed E-state index contributed by atoms with van der Waals surface area (Å²) in [6.45, 7) is 8.03. The average Bonchev–Trinajstić information content (AvgIpc) is 1.78. The maximum absolute atomic E-state index is 4.72. The van der Waals surface area contributed by atoms with Crippen molar-refractivity contribution in [2.45, 2.75) is 38.5 Å². The van der Waals surface area contributed by atoms with Gasteiger partial charge in [-0.2, -0.15) is 0 Å². The zero-order valence-electron chi connectivity index (χ0n) is 7.44. The van der Waals surface area contributed by atoms with Crippen LogP contribution in [0.25, 0.3) is 0 Å². The van der Waals surface area contributed by atoms with E-state index in [9.17, 15) is 0 Å². The Morgan fingerprint density at radius 2 is 1.80 bits per heavy atom. The van der Waals surface area contributed by atoms with E-state index >= 15 is 0 Å². The molecule has 0 unspecified atom stereocenters. The number of hydrogen-bond donors (Lipinski definition) is 0. The fourth-order valence-electron chi connectivity index (χ4n) is 0.859. The molecule has 0 rings (SSSR count). The van der Waals surface area contributed by atoms with Crippen molar-refractivity contribution >= 4 is 8.07 Å². The van der Waals surface area contributed by atoms with Crippen LogP contribution >= 0.6 is 0 Å². The predicted molar refractivity (Wildman–Crippen MR) is 48.7 cm³/mol. The highest BCUT2D eigenvalue weighted by atomic mass is 28.3. The first-order valence-corrected chi connectivity index (χ1v) is 7.64. The smallest absolute Gasteiger partial charge is 0.0700 e. The standard InChI is InChI=1S/C8H19OSi/c1-9-7-5-6-8-10(2,3)4/h1,5-8H2,2-4H3. The van der Waals surface area contributed by atoms with Crippen LogP contribution in [0.2, 0.25) is 25.7 Å². The first kappa shape index (κ1) is 10.2. The Morgan fingerprint density at radius 3 is 2.20 bits per heavy atom. The van der Waals surface area contributed by atoms with Gasteiger partial charge in [-0.1, -0.05) is 32.1 Å². The first-order chi connectivity index (χ1) is 4.56. The van der Waals surface area contributed by atoms with Gasteiger partial charge in [0, 0.05) is 14.7 Å². The summed E-state index contributed by atoms with van der Waals surface area (Å²) >= 11 is 0. The van der Waals surface area contributed by atoms with Gasteiger partial charge in [0.15, 0.2) is 0 Å². The molecule has 61 valence electrons. The molecule has 0 aromatic heterocycles. The molecule has 0 spiro atoms. The predicted octanol–water partition coefficient (Wildman–Crippen LogP) is 2.91. The lowest BCUT2D eigenvalue weighted by atomic mass is 10.4. The van der Waals surface area contributed by atoms with Crippen LogP contribution in [0.4, 0.5) is 0 Å². The summed E-state index contributed by atoms with van der Waals surface area (Å²) in [5, 5.41) is 0. The molecule has 0 aliphatic carbocycles. The molecule has 0 atom stereocenters. The van der Waals surface area contributed by atoms with Crippen molar-refractivity contribution in [3.8, 4) is 0 Å². The molecule has 0 saturated heterocycles. The van der Waals surface area contributed by atoms with Crippen LogP contribution in [0.15, 0.2) is 0 Å². The van der Waals surface area contributed by atoms with E-state index < -0.39 is 8.07 Å². The van der Waals surface area contributed by atoms with E-state index in [-0.39, 0.29) is 0 Å². The van der Waals surface area contributed by atoms with Crippen molar-refractivity contribution < 1.29 is 4.74 Å². The molecular weight excluding hydrogens is 140 g/mol. The Labute approximate surface area is 65.8 Å². The Balaban J connectivity index is 3.04. The summed E-state index contributed by atoms with van der Waals surface area (Å²) in [6, 6.07) is 1.41. The first-order valence-electron chi connectivity index (χ1n) is 3.93. The molecule has 1 nitrogen and oxygen atoms in total. The monoisotopic (exact) mass is 159 g/mol. The van der Waals surface area contributed by atoms with Gasteiger partial charge in [0.2, 0.25) is 0 Å². The van der Waals surface area contributed by atoms with Crippen LogP contribution in [0, 0.1) is 7.11 Å². The van der Waals surface area contributed by atoms with Crippen molar-refractivity contribution in [1.82, 2.24) is 0 Å². The van der Waals surface area contributed by atoms with Crippen LogP contribution in [-0.4, -0.2) is 14.7 Å². The molecular formula is C8H19OSi. The summed E-state index contributed by atoms with van der Waals surface area (Å²) in [7, 11) is 2.55. The largest absolute Gasteiger partial charge is 0.379 e. The number of unbranched alkanes of at least 4 members (excludes halogenated alkanes) is 1. The van der Waals surface area contributed by atoms with Crippen molar-refractivity contribution in [2.75, 3.05) is 6.61 Å². The summed E-state index contributed by atoms with van der Waals surface area (Å²) in [5.41, 5.74) is 0. The summed E-state index contributed by atoms with van der Waals surface area (Å²) < 4.78 is 4.72. The summed E-state index contributed by atoms with van der Waals surface area (Å²) in [6.07, 6.45) is 2.49. The van der Waals surface area contributed by atoms with Gasteiger partial charge in [-0.25, -0.2) is 0 Å². The van der Waals surface area contributed by atoms with Gasteiger partial charge in [0.25, 0.3) is 0 Å². The zero-order valence-corrected chi connectivity index (χ0v) is 8.44. The molecule has 10 heavy (non-hydrogen) atoms. The highest BCUT2D eigenvalue weighted by Crippen LogP contribution is 2.12. The van der Waals surface area contributed by atoms with Crippen LogP contribution in [0.3, 0.4) is 0 Å². The molecule has 2 heteroatoms. The Morgan fingerprint density at radius 1 is 1.20 bits per heavy atom. The van der Waals surface area contributed by atoms with Crippen molar-refractivity contribution in [2.24, 2.45) is 0 Å². The fraction of sp³-hybridized carbons (Fsp3) is 0.875. The molecule has 1 radical (unpaired) electrons. The van der Waals surface area contributed by atoms with E-state index in [1.54, 1.807) is 0 Å². The van der Waals surface area contributed by atoms with Crippen LogP contribution in [0.5, 0.6) is 0 Å². The number of hydrogen-bond acceptors (Lipinski definition) is 1. The van der Waals surface area contributed by atoms with Gasteiger partial charge in [-0.05, 0) is 6.42 Å². The Bertz CT molecular complexity index is 75.8. The Kier molecular flexibility index (Phi) is 5.00. The van der Waals surface area contributed by atoms with E-state index in [2.05, 4.69) is 26.8 Å². The van der Waals surface area contributed by atoms with Gasteiger partial charge in [-0.15, -0.1) is 0 Å². The lowest BCUT2D eigenvalue weighted by Gasteiger charge is -2.14. The third-order valence-corrected chi connectivity index (χ3v) is 3.32. The van der Waals surface area contributed by atoms with Crippen molar-refractivity contribution in [3.63, 3.8) is 0 Å². The van der Waals surface area contributed by atoms with Crippen molar-refractivity contribution in [1.29, 1.82) is 0 Å². The van der Waals surface area contributed by atoms with E-state index in [0.717, 1.165) is 6.61 Å². The minimum absolute atomic E-state index is 0.783.